The van der Waals surface area contributed by atoms with E-state index < -0.39 is 0 Å². The lowest BCUT2D eigenvalue weighted by Crippen LogP contribution is -2.31. The largest absolute Gasteiger partial charge is 0.497 e. The topological polar surface area (TPSA) is 64.8 Å². The van der Waals surface area contributed by atoms with Crippen LogP contribution in [0.3, 0.4) is 0 Å². The molecule has 0 spiro atoms. The molecule has 0 saturated carbocycles. The molecule has 0 saturated heterocycles. The quantitative estimate of drug-likeness (QED) is 0.444. The summed E-state index contributed by atoms with van der Waals surface area (Å²) < 4.78 is 16.9. The van der Waals surface area contributed by atoms with Crippen molar-refractivity contribution in [2.45, 2.75) is 13.0 Å². The minimum atomic E-state index is -0.0578. The molecule has 0 N–H and O–H groups in total. The lowest BCUT2D eigenvalue weighted by molar-refractivity contribution is -0.118. The predicted octanol–water partition coefficient (Wildman–Crippen LogP) is 4.68. The molecule has 0 radical (unpaired) electrons. The van der Waals surface area contributed by atoms with Crippen molar-refractivity contribution in [2.24, 2.45) is 0 Å². The van der Waals surface area contributed by atoms with E-state index in [0.29, 0.717) is 17.4 Å². The summed E-state index contributed by atoms with van der Waals surface area (Å²) in [5.41, 5.74) is 1.73. The second-order valence-electron chi connectivity index (χ2n) is 6.41. The first kappa shape index (κ1) is 19.0. The number of hydrogen-bond acceptors (Lipinski definition) is 6. The number of fused-ring (bicyclic) bond motifs is 1. The molecular weight excluding hydrogens is 388 g/mol. The fraction of sp³-hybridized carbons (Fsp3) is 0.182. The second kappa shape index (κ2) is 8.36. The Hall–Kier alpha value is -3.32. The minimum Gasteiger partial charge on any atom is -0.497 e. The number of hydrogen-bond donors (Lipinski definition) is 0. The van der Waals surface area contributed by atoms with Gasteiger partial charge in [-0.05, 0) is 48.0 Å². The Kier molecular flexibility index (Phi) is 5.48. The SMILES string of the molecule is COc1ccc(CC(=O)N(Cc2ccco2)c2nc3ccc(OC)cc3s2)cc1. The van der Waals surface area contributed by atoms with Gasteiger partial charge in [-0.3, -0.25) is 9.69 Å². The van der Waals surface area contributed by atoms with Crippen molar-refractivity contribution in [3.05, 3.63) is 72.2 Å². The predicted molar refractivity (Wildman–Crippen MR) is 113 cm³/mol. The monoisotopic (exact) mass is 408 g/mol. The standard InChI is InChI=1S/C22H20N2O4S/c1-26-16-7-5-15(6-8-16)12-21(25)24(14-18-4-3-11-28-18)22-23-19-10-9-17(27-2)13-20(19)29-22/h3-11,13H,12,14H2,1-2H3. The van der Waals surface area contributed by atoms with Gasteiger partial charge in [-0.2, -0.15) is 0 Å². The number of amides is 1. The van der Waals surface area contributed by atoms with Crippen molar-refractivity contribution in [3.8, 4) is 11.5 Å². The molecule has 0 unspecified atom stereocenters. The number of methoxy groups -OCH3 is 2. The lowest BCUT2D eigenvalue weighted by Gasteiger charge is -2.19. The second-order valence-corrected chi connectivity index (χ2v) is 7.42. The number of carbonyl (C=O) groups excluding carboxylic acids is 1. The van der Waals surface area contributed by atoms with E-state index in [1.165, 1.54) is 11.3 Å². The van der Waals surface area contributed by atoms with E-state index >= 15 is 0 Å². The third-order valence-electron chi connectivity index (χ3n) is 4.52. The summed E-state index contributed by atoms with van der Waals surface area (Å²) in [6.07, 6.45) is 1.86. The van der Waals surface area contributed by atoms with E-state index in [1.807, 2.05) is 54.6 Å². The minimum absolute atomic E-state index is 0.0578. The molecule has 0 bridgehead atoms. The highest BCUT2D eigenvalue weighted by Crippen LogP contribution is 2.32. The van der Waals surface area contributed by atoms with Gasteiger partial charge in [0.05, 0.1) is 43.7 Å². The van der Waals surface area contributed by atoms with Crippen LogP contribution in [0.25, 0.3) is 10.2 Å². The summed E-state index contributed by atoms with van der Waals surface area (Å²) in [7, 11) is 3.25. The third kappa shape index (κ3) is 4.25. The van der Waals surface area contributed by atoms with Crippen molar-refractivity contribution in [1.82, 2.24) is 4.98 Å². The van der Waals surface area contributed by atoms with E-state index in [2.05, 4.69) is 4.98 Å². The van der Waals surface area contributed by atoms with Crippen LogP contribution < -0.4 is 14.4 Å². The van der Waals surface area contributed by atoms with Gasteiger partial charge in [0.15, 0.2) is 5.13 Å². The molecule has 4 aromatic rings. The summed E-state index contributed by atoms with van der Waals surface area (Å²) in [6.45, 7) is 0.318. The number of anilines is 1. The number of rotatable bonds is 7. The molecule has 0 aliphatic heterocycles. The Bertz CT molecular complexity index is 1100. The van der Waals surface area contributed by atoms with E-state index in [0.717, 1.165) is 27.3 Å². The molecule has 4 rings (SSSR count). The van der Waals surface area contributed by atoms with Crippen LogP contribution >= 0.6 is 11.3 Å². The van der Waals surface area contributed by atoms with Crippen molar-refractivity contribution >= 4 is 32.6 Å². The molecule has 0 aliphatic carbocycles. The van der Waals surface area contributed by atoms with Gasteiger partial charge in [-0.15, -0.1) is 0 Å². The maximum absolute atomic E-state index is 13.2. The maximum atomic E-state index is 13.2. The first-order valence-electron chi connectivity index (χ1n) is 9.06. The van der Waals surface area contributed by atoms with Gasteiger partial charge in [0, 0.05) is 0 Å². The average Bonchev–Trinajstić information content (AvgIpc) is 3.41. The Morgan fingerprint density at radius 1 is 1.07 bits per heavy atom. The Balaban J connectivity index is 1.64. The number of thiazole rings is 1. The molecule has 148 valence electrons. The van der Waals surface area contributed by atoms with Gasteiger partial charge in [0.25, 0.3) is 0 Å². The zero-order valence-corrected chi connectivity index (χ0v) is 16.9. The summed E-state index contributed by atoms with van der Waals surface area (Å²) in [5.74, 6) is 2.16. The highest BCUT2D eigenvalue weighted by atomic mass is 32.1. The van der Waals surface area contributed by atoms with Gasteiger partial charge in [0.1, 0.15) is 17.3 Å². The fourth-order valence-corrected chi connectivity index (χ4v) is 3.98. The van der Waals surface area contributed by atoms with Crippen molar-refractivity contribution < 1.29 is 18.7 Å². The van der Waals surface area contributed by atoms with Crippen LogP contribution in [0.1, 0.15) is 11.3 Å². The van der Waals surface area contributed by atoms with Gasteiger partial charge < -0.3 is 13.9 Å². The molecule has 0 atom stereocenters. The first-order valence-corrected chi connectivity index (χ1v) is 9.88. The van der Waals surface area contributed by atoms with Crippen LogP contribution in [0, 0.1) is 0 Å². The zero-order valence-electron chi connectivity index (χ0n) is 16.1. The average molecular weight is 408 g/mol. The fourth-order valence-electron chi connectivity index (χ4n) is 2.97. The van der Waals surface area contributed by atoms with Crippen molar-refractivity contribution in [1.29, 1.82) is 0 Å². The molecule has 1 amide bonds. The van der Waals surface area contributed by atoms with Gasteiger partial charge in [0.2, 0.25) is 5.91 Å². The molecule has 29 heavy (non-hydrogen) atoms. The summed E-state index contributed by atoms with van der Waals surface area (Å²) in [4.78, 5) is 19.5. The van der Waals surface area contributed by atoms with Gasteiger partial charge in [-0.25, -0.2) is 4.98 Å². The number of furan rings is 1. The highest BCUT2D eigenvalue weighted by molar-refractivity contribution is 7.22. The number of benzene rings is 2. The zero-order chi connectivity index (χ0) is 20.2. The van der Waals surface area contributed by atoms with Crippen LogP contribution in [-0.2, 0) is 17.8 Å². The molecular formula is C22H20N2O4S. The lowest BCUT2D eigenvalue weighted by atomic mass is 10.1. The van der Waals surface area contributed by atoms with Gasteiger partial charge >= 0.3 is 0 Å². The first-order chi connectivity index (χ1) is 14.2. The molecule has 0 fully saturated rings. The van der Waals surface area contributed by atoms with E-state index in [1.54, 1.807) is 25.4 Å². The summed E-state index contributed by atoms with van der Waals surface area (Å²) >= 11 is 1.45. The molecule has 6 nitrogen and oxygen atoms in total. The van der Waals surface area contributed by atoms with E-state index in [-0.39, 0.29) is 12.3 Å². The molecule has 2 aromatic carbocycles. The number of ether oxygens (including phenoxy) is 2. The molecule has 2 aromatic heterocycles. The van der Waals surface area contributed by atoms with Gasteiger partial charge in [-0.1, -0.05) is 23.5 Å². The third-order valence-corrected chi connectivity index (χ3v) is 5.57. The van der Waals surface area contributed by atoms with E-state index in [9.17, 15) is 4.79 Å². The van der Waals surface area contributed by atoms with Crippen LogP contribution in [-0.4, -0.2) is 25.1 Å². The van der Waals surface area contributed by atoms with Crippen LogP contribution in [0.2, 0.25) is 0 Å². The molecule has 7 heteroatoms. The maximum Gasteiger partial charge on any atom is 0.233 e. The van der Waals surface area contributed by atoms with Crippen LogP contribution in [0.4, 0.5) is 5.13 Å². The Morgan fingerprint density at radius 3 is 2.52 bits per heavy atom. The normalized spacial score (nSPS) is 10.8. The Labute approximate surface area is 172 Å². The van der Waals surface area contributed by atoms with Crippen LogP contribution in [0.5, 0.6) is 11.5 Å². The van der Waals surface area contributed by atoms with Crippen molar-refractivity contribution in [3.63, 3.8) is 0 Å². The number of nitrogens with zero attached hydrogens (tertiary/aromatic N) is 2. The van der Waals surface area contributed by atoms with Crippen molar-refractivity contribution in [2.75, 3.05) is 19.1 Å². The van der Waals surface area contributed by atoms with E-state index in [4.69, 9.17) is 13.9 Å². The number of carbonyl (C=O) groups is 1. The number of aromatic nitrogens is 1. The molecule has 2 heterocycles. The smallest absolute Gasteiger partial charge is 0.233 e. The summed E-state index contributed by atoms with van der Waals surface area (Å²) in [5, 5.41) is 0.628. The van der Waals surface area contributed by atoms with Crippen LogP contribution in [0.15, 0.2) is 65.3 Å². The Morgan fingerprint density at radius 2 is 1.83 bits per heavy atom. The highest BCUT2D eigenvalue weighted by Gasteiger charge is 2.22. The molecule has 0 aliphatic rings. The summed E-state index contributed by atoms with van der Waals surface area (Å²) in [6, 6.07) is 16.8.